The van der Waals surface area contributed by atoms with Crippen LogP contribution in [-0.2, 0) is 21.4 Å². The summed E-state index contributed by atoms with van der Waals surface area (Å²) >= 11 is 0. The molecule has 0 bridgehead atoms. The van der Waals surface area contributed by atoms with Crippen LogP contribution in [0.1, 0.15) is 38.8 Å². The van der Waals surface area contributed by atoms with Gasteiger partial charge in [-0.25, -0.2) is 18.2 Å². The number of hydrogen-bond donors (Lipinski definition) is 1. The average molecular weight is 414 g/mol. The minimum Gasteiger partial charge on any atom is -0.452 e. The number of aryl methyl sites for hydroxylation is 4. The zero-order valence-corrected chi connectivity index (χ0v) is 17.5. The number of esters is 1. The van der Waals surface area contributed by atoms with E-state index in [0.29, 0.717) is 17.0 Å². The van der Waals surface area contributed by atoms with Crippen LogP contribution in [0.3, 0.4) is 0 Å². The van der Waals surface area contributed by atoms with Crippen LogP contribution in [0.5, 0.6) is 0 Å². The van der Waals surface area contributed by atoms with Crippen LogP contribution in [0.4, 0.5) is 5.69 Å². The van der Waals surface area contributed by atoms with Crippen molar-refractivity contribution < 1.29 is 22.4 Å². The monoisotopic (exact) mass is 414 g/mol. The van der Waals surface area contributed by atoms with E-state index < -0.39 is 16.0 Å². The van der Waals surface area contributed by atoms with Crippen molar-refractivity contribution >= 4 is 21.7 Å². The van der Waals surface area contributed by atoms with Gasteiger partial charge in [0, 0.05) is 5.69 Å². The SMILES string of the molecule is Cc1cccc(NS(=O)(=O)c2cc(C(=O)OCc3nc(C)c(C)o3)ccc2C)c1. The molecule has 0 radical (unpaired) electrons. The van der Waals surface area contributed by atoms with E-state index in [1.807, 2.05) is 13.0 Å². The van der Waals surface area contributed by atoms with E-state index in [-0.39, 0.29) is 23.0 Å². The second-order valence-corrected chi connectivity index (χ2v) is 8.43. The summed E-state index contributed by atoms with van der Waals surface area (Å²) in [5.74, 6) is 0.280. The molecule has 1 aromatic heterocycles. The first-order chi connectivity index (χ1) is 13.7. The number of hydrogen-bond acceptors (Lipinski definition) is 6. The highest BCUT2D eigenvalue weighted by Gasteiger charge is 2.20. The van der Waals surface area contributed by atoms with E-state index in [9.17, 15) is 13.2 Å². The Morgan fingerprint density at radius 3 is 2.52 bits per heavy atom. The number of nitrogens with one attached hydrogen (secondary N) is 1. The van der Waals surface area contributed by atoms with Gasteiger partial charge in [0.05, 0.1) is 16.2 Å². The quantitative estimate of drug-likeness (QED) is 0.611. The first-order valence-electron chi connectivity index (χ1n) is 8.96. The minimum absolute atomic E-state index is 0.0104. The Hall–Kier alpha value is -3.13. The van der Waals surface area contributed by atoms with E-state index >= 15 is 0 Å². The number of carbonyl (C=O) groups is 1. The summed E-state index contributed by atoms with van der Waals surface area (Å²) in [6.45, 7) is 6.97. The number of ether oxygens (including phenoxy) is 1. The molecule has 0 spiro atoms. The van der Waals surface area contributed by atoms with Crippen LogP contribution in [0.15, 0.2) is 51.8 Å². The van der Waals surface area contributed by atoms with Crippen molar-refractivity contribution in [1.82, 2.24) is 4.98 Å². The van der Waals surface area contributed by atoms with Gasteiger partial charge in [0.1, 0.15) is 5.76 Å². The summed E-state index contributed by atoms with van der Waals surface area (Å²) in [5, 5.41) is 0. The highest BCUT2D eigenvalue weighted by Crippen LogP contribution is 2.22. The van der Waals surface area contributed by atoms with E-state index in [1.54, 1.807) is 45.0 Å². The van der Waals surface area contributed by atoms with E-state index in [2.05, 4.69) is 9.71 Å². The highest BCUT2D eigenvalue weighted by atomic mass is 32.2. The second-order valence-electron chi connectivity index (χ2n) is 6.78. The maximum Gasteiger partial charge on any atom is 0.338 e. The molecule has 0 aliphatic rings. The molecular formula is C21H22N2O5S. The lowest BCUT2D eigenvalue weighted by Crippen LogP contribution is -2.15. The zero-order valence-electron chi connectivity index (χ0n) is 16.6. The summed E-state index contributed by atoms with van der Waals surface area (Å²) in [5.41, 5.74) is 2.74. The topological polar surface area (TPSA) is 98.5 Å². The second kappa shape index (κ2) is 8.08. The molecule has 1 N–H and O–H groups in total. The molecule has 7 nitrogen and oxygen atoms in total. The van der Waals surface area contributed by atoms with Gasteiger partial charge in [0.2, 0.25) is 5.89 Å². The third-order valence-corrected chi connectivity index (χ3v) is 5.91. The predicted molar refractivity (Wildman–Crippen MR) is 108 cm³/mol. The first-order valence-corrected chi connectivity index (χ1v) is 10.4. The molecule has 152 valence electrons. The fraction of sp³-hybridized carbons (Fsp3) is 0.238. The Labute approximate surface area is 169 Å². The molecule has 0 unspecified atom stereocenters. The lowest BCUT2D eigenvalue weighted by Gasteiger charge is -2.12. The fourth-order valence-electron chi connectivity index (χ4n) is 2.75. The number of aromatic nitrogens is 1. The van der Waals surface area contributed by atoms with Crippen molar-refractivity contribution in [2.75, 3.05) is 4.72 Å². The Morgan fingerprint density at radius 1 is 1.10 bits per heavy atom. The van der Waals surface area contributed by atoms with E-state index in [4.69, 9.17) is 9.15 Å². The normalized spacial score (nSPS) is 11.3. The highest BCUT2D eigenvalue weighted by molar-refractivity contribution is 7.92. The molecule has 2 aromatic carbocycles. The molecule has 0 aliphatic carbocycles. The molecule has 8 heteroatoms. The molecule has 0 fully saturated rings. The van der Waals surface area contributed by atoms with Gasteiger partial charge in [0.15, 0.2) is 6.61 Å². The lowest BCUT2D eigenvalue weighted by molar-refractivity contribution is 0.0436. The van der Waals surface area contributed by atoms with Crippen molar-refractivity contribution in [2.45, 2.75) is 39.2 Å². The predicted octanol–water partition coefficient (Wildman–Crippen LogP) is 4.07. The number of sulfonamides is 1. The van der Waals surface area contributed by atoms with Crippen LogP contribution >= 0.6 is 0 Å². The lowest BCUT2D eigenvalue weighted by atomic mass is 10.1. The standard InChI is InChI=1S/C21H22N2O5S/c1-13-6-5-7-18(10-13)23-29(25,26)19-11-17(9-8-14(19)2)21(24)27-12-20-22-15(3)16(4)28-20/h5-11,23H,12H2,1-4H3. The molecular weight excluding hydrogens is 392 g/mol. The Bertz CT molecular complexity index is 1150. The summed E-state index contributed by atoms with van der Waals surface area (Å²) in [6.07, 6.45) is 0. The van der Waals surface area contributed by atoms with Gasteiger partial charge in [-0.1, -0.05) is 18.2 Å². The van der Waals surface area contributed by atoms with Crippen LogP contribution < -0.4 is 4.72 Å². The Balaban J connectivity index is 1.80. The molecule has 0 atom stereocenters. The average Bonchev–Trinajstić information content (AvgIpc) is 2.97. The smallest absolute Gasteiger partial charge is 0.338 e. The molecule has 0 saturated heterocycles. The largest absolute Gasteiger partial charge is 0.452 e. The third-order valence-electron chi connectivity index (χ3n) is 4.38. The van der Waals surface area contributed by atoms with Gasteiger partial charge in [0.25, 0.3) is 10.0 Å². The number of rotatable bonds is 6. The number of anilines is 1. The molecule has 1 heterocycles. The molecule has 3 aromatic rings. The van der Waals surface area contributed by atoms with E-state index in [1.165, 1.54) is 12.1 Å². The summed E-state index contributed by atoms with van der Waals surface area (Å²) < 4.78 is 38.8. The van der Waals surface area contributed by atoms with Crippen molar-refractivity contribution in [2.24, 2.45) is 0 Å². The molecule has 3 rings (SSSR count). The Morgan fingerprint density at radius 2 is 1.86 bits per heavy atom. The third kappa shape index (κ3) is 4.83. The van der Waals surface area contributed by atoms with Crippen molar-refractivity contribution in [3.8, 4) is 0 Å². The maximum atomic E-state index is 12.8. The van der Waals surface area contributed by atoms with Gasteiger partial charge < -0.3 is 9.15 Å². The summed E-state index contributed by atoms with van der Waals surface area (Å²) in [7, 11) is -3.87. The number of benzene rings is 2. The van der Waals surface area contributed by atoms with Crippen LogP contribution in [0.25, 0.3) is 0 Å². The summed E-state index contributed by atoms with van der Waals surface area (Å²) in [4.78, 5) is 16.6. The molecule has 0 saturated carbocycles. The van der Waals surface area contributed by atoms with Gasteiger partial charge >= 0.3 is 5.97 Å². The van der Waals surface area contributed by atoms with Crippen LogP contribution in [0.2, 0.25) is 0 Å². The Kier molecular flexibility index (Phi) is 5.74. The fourth-order valence-corrected chi connectivity index (χ4v) is 4.07. The first kappa shape index (κ1) is 20.6. The number of oxazole rings is 1. The van der Waals surface area contributed by atoms with Gasteiger partial charge in [-0.05, 0) is 63.1 Å². The van der Waals surface area contributed by atoms with Crippen LogP contribution in [-0.4, -0.2) is 19.4 Å². The maximum absolute atomic E-state index is 12.8. The number of carbonyl (C=O) groups excluding carboxylic acids is 1. The summed E-state index contributed by atoms with van der Waals surface area (Å²) in [6, 6.07) is 11.4. The minimum atomic E-state index is -3.87. The van der Waals surface area contributed by atoms with Gasteiger partial charge in [-0.3, -0.25) is 4.72 Å². The van der Waals surface area contributed by atoms with Gasteiger partial charge in [-0.2, -0.15) is 0 Å². The van der Waals surface area contributed by atoms with Crippen LogP contribution in [0, 0.1) is 27.7 Å². The molecule has 29 heavy (non-hydrogen) atoms. The van der Waals surface area contributed by atoms with Crippen molar-refractivity contribution in [3.05, 3.63) is 76.5 Å². The van der Waals surface area contributed by atoms with Crippen molar-refractivity contribution in [1.29, 1.82) is 0 Å². The number of nitrogens with zero attached hydrogens (tertiary/aromatic N) is 1. The zero-order chi connectivity index (χ0) is 21.2. The molecule has 0 amide bonds. The molecule has 0 aliphatic heterocycles. The van der Waals surface area contributed by atoms with E-state index in [0.717, 1.165) is 11.3 Å². The van der Waals surface area contributed by atoms with Crippen molar-refractivity contribution in [3.63, 3.8) is 0 Å². The van der Waals surface area contributed by atoms with Gasteiger partial charge in [-0.15, -0.1) is 0 Å².